The Morgan fingerprint density at radius 2 is 2.00 bits per heavy atom. The lowest BCUT2D eigenvalue weighted by Crippen LogP contribution is -2.13. The molecular formula is C9H11ClF3NO2S. The Hall–Kier alpha value is -0.950. The van der Waals surface area contributed by atoms with E-state index in [-0.39, 0.29) is 17.3 Å². The molecule has 8 heteroatoms. The number of rotatable bonds is 2. The number of hydrogen-bond donors (Lipinski definition) is 1. The molecule has 0 amide bonds. The van der Waals surface area contributed by atoms with E-state index in [0.29, 0.717) is 11.3 Å². The highest BCUT2D eigenvalue weighted by Crippen LogP contribution is 2.38. The lowest BCUT2D eigenvalue weighted by Gasteiger charge is -2.08. The summed E-state index contributed by atoms with van der Waals surface area (Å²) in [5.74, 6) is -0.826. The molecule has 0 aliphatic rings. The normalized spacial score (nSPS) is 11.2. The van der Waals surface area contributed by atoms with Crippen LogP contribution in [0.1, 0.15) is 29.1 Å². The van der Waals surface area contributed by atoms with Crippen LogP contribution in [0.4, 0.5) is 18.9 Å². The molecule has 0 aromatic carbocycles. The molecule has 1 heterocycles. The molecule has 1 aromatic heterocycles. The van der Waals surface area contributed by atoms with Crippen LogP contribution in [0.5, 0.6) is 0 Å². The highest BCUT2D eigenvalue weighted by atomic mass is 35.5. The van der Waals surface area contributed by atoms with Gasteiger partial charge < -0.3 is 10.5 Å². The van der Waals surface area contributed by atoms with E-state index in [1.54, 1.807) is 13.8 Å². The zero-order valence-corrected chi connectivity index (χ0v) is 10.6. The molecular weight excluding hydrogens is 279 g/mol. The van der Waals surface area contributed by atoms with E-state index in [1.165, 1.54) is 0 Å². The predicted octanol–water partition coefficient (Wildman–Crippen LogP) is 3.34. The summed E-state index contributed by atoms with van der Waals surface area (Å²) in [6, 6.07) is 0. The number of esters is 1. The third-order valence-corrected chi connectivity index (χ3v) is 2.64. The van der Waals surface area contributed by atoms with E-state index >= 15 is 0 Å². The number of nitrogens with two attached hydrogens (primary N) is 1. The Balaban J connectivity index is 0.00000256. The number of carbonyl (C=O) groups is 1. The molecule has 0 fully saturated rings. The lowest BCUT2D eigenvalue weighted by molar-refractivity contribution is -0.136. The first-order valence-corrected chi connectivity index (χ1v) is 5.26. The van der Waals surface area contributed by atoms with Gasteiger partial charge in [0.15, 0.2) is 0 Å². The van der Waals surface area contributed by atoms with Crippen molar-refractivity contribution in [2.45, 2.75) is 26.1 Å². The summed E-state index contributed by atoms with van der Waals surface area (Å²) < 4.78 is 41.9. The molecule has 0 aliphatic heterocycles. The summed E-state index contributed by atoms with van der Waals surface area (Å²) in [7, 11) is 0. The fourth-order valence-corrected chi connectivity index (χ4v) is 1.89. The van der Waals surface area contributed by atoms with Crippen molar-refractivity contribution in [1.29, 1.82) is 0 Å². The van der Waals surface area contributed by atoms with Gasteiger partial charge in [-0.05, 0) is 13.8 Å². The van der Waals surface area contributed by atoms with Crippen molar-refractivity contribution < 1.29 is 22.7 Å². The second-order valence-electron chi connectivity index (χ2n) is 3.34. The van der Waals surface area contributed by atoms with Crippen LogP contribution in [0.15, 0.2) is 5.38 Å². The Morgan fingerprint density at radius 3 is 2.35 bits per heavy atom. The number of halogens is 4. The Bertz CT molecular complexity index is 403. The van der Waals surface area contributed by atoms with Gasteiger partial charge in [0.2, 0.25) is 0 Å². The van der Waals surface area contributed by atoms with Gasteiger partial charge in [0.1, 0.15) is 4.88 Å². The largest absolute Gasteiger partial charge is 0.459 e. The van der Waals surface area contributed by atoms with Gasteiger partial charge in [-0.2, -0.15) is 13.2 Å². The summed E-state index contributed by atoms with van der Waals surface area (Å²) in [6.45, 7) is 3.21. The first-order valence-electron chi connectivity index (χ1n) is 4.38. The van der Waals surface area contributed by atoms with Gasteiger partial charge in [-0.1, -0.05) is 0 Å². The zero-order valence-electron chi connectivity index (χ0n) is 9.00. The maximum absolute atomic E-state index is 12.4. The lowest BCUT2D eigenvalue weighted by atomic mass is 10.2. The minimum absolute atomic E-state index is 0. The quantitative estimate of drug-likeness (QED) is 0.850. The standard InChI is InChI=1S/C9H10F3NO2S.ClH/c1-4(2)15-8(14)7-6(13)5(3-16-7)9(10,11)12;/h3-4H,13H2,1-2H3;1H. The summed E-state index contributed by atoms with van der Waals surface area (Å²) in [5, 5.41) is 0.812. The van der Waals surface area contributed by atoms with Crippen LogP contribution in [0.2, 0.25) is 0 Å². The van der Waals surface area contributed by atoms with Crippen molar-refractivity contribution in [3.05, 3.63) is 15.8 Å². The van der Waals surface area contributed by atoms with Gasteiger partial charge in [-0.25, -0.2) is 4.79 Å². The zero-order chi connectivity index (χ0) is 12.5. The summed E-state index contributed by atoms with van der Waals surface area (Å²) >= 11 is 0.634. The van der Waals surface area contributed by atoms with Gasteiger partial charge in [-0.3, -0.25) is 0 Å². The average Bonchev–Trinajstić information content (AvgIpc) is 2.44. The number of anilines is 1. The van der Waals surface area contributed by atoms with Gasteiger partial charge in [0.25, 0.3) is 0 Å². The first kappa shape index (κ1) is 16.1. The summed E-state index contributed by atoms with van der Waals surface area (Å²) in [4.78, 5) is 11.1. The maximum atomic E-state index is 12.4. The molecule has 3 nitrogen and oxygen atoms in total. The maximum Gasteiger partial charge on any atom is 0.419 e. The monoisotopic (exact) mass is 289 g/mol. The van der Waals surface area contributed by atoms with Crippen molar-refractivity contribution in [1.82, 2.24) is 0 Å². The van der Waals surface area contributed by atoms with Crippen molar-refractivity contribution in [2.75, 3.05) is 5.73 Å². The molecule has 2 N–H and O–H groups in total. The van der Waals surface area contributed by atoms with E-state index in [2.05, 4.69) is 0 Å². The van der Waals surface area contributed by atoms with Crippen molar-refractivity contribution >= 4 is 35.4 Å². The predicted molar refractivity (Wildman–Crippen MR) is 61.5 cm³/mol. The highest BCUT2D eigenvalue weighted by Gasteiger charge is 2.36. The third kappa shape index (κ3) is 3.78. The van der Waals surface area contributed by atoms with Gasteiger partial charge >= 0.3 is 12.1 Å². The van der Waals surface area contributed by atoms with Crippen molar-refractivity contribution in [3.63, 3.8) is 0 Å². The number of carbonyl (C=O) groups excluding carboxylic acids is 1. The number of hydrogen-bond acceptors (Lipinski definition) is 4. The molecule has 0 saturated carbocycles. The Morgan fingerprint density at radius 1 is 1.47 bits per heavy atom. The summed E-state index contributed by atoms with van der Waals surface area (Å²) in [5.41, 5.74) is 3.70. The molecule has 0 saturated heterocycles. The van der Waals surface area contributed by atoms with Crippen LogP contribution < -0.4 is 5.73 Å². The van der Waals surface area contributed by atoms with Crippen LogP contribution in [-0.2, 0) is 10.9 Å². The first-order chi connectivity index (χ1) is 7.23. The van der Waals surface area contributed by atoms with Gasteiger partial charge in [-0.15, -0.1) is 23.7 Å². The SMILES string of the molecule is CC(C)OC(=O)c1scc(C(F)(F)F)c1N.Cl. The van der Waals surface area contributed by atoms with Crippen molar-refractivity contribution in [3.8, 4) is 0 Å². The average molecular weight is 290 g/mol. The molecule has 0 aliphatic carbocycles. The van der Waals surface area contributed by atoms with Crippen LogP contribution >= 0.6 is 23.7 Å². The topological polar surface area (TPSA) is 52.3 Å². The molecule has 1 rings (SSSR count). The molecule has 0 atom stereocenters. The minimum Gasteiger partial charge on any atom is -0.459 e. The highest BCUT2D eigenvalue weighted by molar-refractivity contribution is 7.12. The molecule has 0 spiro atoms. The summed E-state index contributed by atoms with van der Waals surface area (Å²) in [6.07, 6.45) is -4.94. The molecule has 0 radical (unpaired) electrons. The van der Waals surface area contributed by atoms with E-state index < -0.39 is 29.5 Å². The number of thiophene rings is 1. The molecule has 0 unspecified atom stereocenters. The van der Waals surface area contributed by atoms with E-state index in [0.717, 1.165) is 5.38 Å². The van der Waals surface area contributed by atoms with E-state index in [9.17, 15) is 18.0 Å². The van der Waals surface area contributed by atoms with Gasteiger partial charge in [0, 0.05) is 5.38 Å². The van der Waals surface area contributed by atoms with Gasteiger partial charge in [0.05, 0.1) is 17.4 Å². The molecule has 17 heavy (non-hydrogen) atoms. The van der Waals surface area contributed by atoms with Crippen LogP contribution in [0, 0.1) is 0 Å². The number of alkyl halides is 3. The molecule has 1 aromatic rings. The molecule has 0 bridgehead atoms. The second-order valence-corrected chi connectivity index (χ2v) is 4.22. The van der Waals surface area contributed by atoms with Crippen molar-refractivity contribution in [2.24, 2.45) is 0 Å². The van der Waals surface area contributed by atoms with E-state index in [1.807, 2.05) is 0 Å². The Kier molecular flexibility index (Phi) is 5.28. The number of nitrogen functional groups attached to an aromatic ring is 1. The number of ether oxygens (including phenoxy) is 1. The van der Waals surface area contributed by atoms with Crippen LogP contribution in [0.25, 0.3) is 0 Å². The fraction of sp³-hybridized carbons (Fsp3) is 0.444. The van der Waals surface area contributed by atoms with E-state index in [4.69, 9.17) is 10.5 Å². The fourth-order valence-electron chi connectivity index (χ4n) is 1.01. The second kappa shape index (κ2) is 5.59. The molecule has 98 valence electrons. The Labute approximate surface area is 106 Å². The van der Waals surface area contributed by atoms with Crippen LogP contribution in [0.3, 0.4) is 0 Å². The smallest absolute Gasteiger partial charge is 0.419 e. The third-order valence-electron chi connectivity index (χ3n) is 1.66. The minimum atomic E-state index is -4.54. The van der Waals surface area contributed by atoms with Crippen LogP contribution in [-0.4, -0.2) is 12.1 Å².